The van der Waals surface area contributed by atoms with Gasteiger partial charge >= 0.3 is 5.97 Å². The molecule has 4 nitrogen and oxygen atoms in total. The second-order valence-electron chi connectivity index (χ2n) is 6.00. The zero-order valence-electron chi connectivity index (χ0n) is 11.3. The molecule has 0 radical (unpaired) electrons. The molecule has 2 rings (SSSR count). The van der Waals surface area contributed by atoms with Crippen molar-refractivity contribution in [2.24, 2.45) is 11.8 Å². The van der Waals surface area contributed by atoms with Gasteiger partial charge in [-0.05, 0) is 63.2 Å². The van der Waals surface area contributed by atoms with Crippen molar-refractivity contribution in [3.05, 3.63) is 11.6 Å². The van der Waals surface area contributed by atoms with Gasteiger partial charge in [-0.25, -0.2) is 4.79 Å². The van der Waals surface area contributed by atoms with Crippen molar-refractivity contribution in [3.8, 4) is 0 Å². The average Bonchev–Trinajstić information content (AvgIpc) is 2.39. The average molecular weight is 268 g/mol. The summed E-state index contributed by atoms with van der Waals surface area (Å²) in [6.07, 6.45) is 7.74. The van der Waals surface area contributed by atoms with Crippen LogP contribution in [0.15, 0.2) is 11.6 Å². The molecule has 0 aromatic carbocycles. The van der Waals surface area contributed by atoms with Crippen molar-refractivity contribution in [1.82, 2.24) is 0 Å². The maximum absolute atomic E-state index is 11.4. The fraction of sp³-hybridized carbons (Fsp3) is 0.800. The van der Waals surface area contributed by atoms with Crippen LogP contribution in [0.4, 0.5) is 0 Å². The van der Waals surface area contributed by atoms with Crippen LogP contribution in [0, 0.1) is 11.8 Å². The first-order valence-corrected chi connectivity index (χ1v) is 7.37. The molecule has 4 heteroatoms. The van der Waals surface area contributed by atoms with Crippen molar-refractivity contribution < 1.29 is 20.1 Å². The Morgan fingerprint density at radius 1 is 0.842 bits per heavy atom. The summed E-state index contributed by atoms with van der Waals surface area (Å²) in [7, 11) is 0. The third-order valence-corrected chi connectivity index (χ3v) is 4.54. The first kappa shape index (κ1) is 14.5. The van der Waals surface area contributed by atoms with E-state index in [0.717, 1.165) is 38.5 Å². The van der Waals surface area contributed by atoms with Gasteiger partial charge in [0.2, 0.25) is 0 Å². The van der Waals surface area contributed by atoms with Crippen LogP contribution in [0.1, 0.15) is 51.4 Å². The fourth-order valence-corrected chi connectivity index (χ4v) is 3.29. The molecule has 0 aromatic heterocycles. The van der Waals surface area contributed by atoms with E-state index in [9.17, 15) is 20.1 Å². The van der Waals surface area contributed by atoms with E-state index >= 15 is 0 Å². The van der Waals surface area contributed by atoms with Crippen LogP contribution in [0.2, 0.25) is 0 Å². The van der Waals surface area contributed by atoms with Gasteiger partial charge in [-0.1, -0.05) is 6.08 Å². The summed E-state index contributed by atoms with van der Waals surface area (Å²) in [6.45, 7) is 0. The number of carbonyl (C=O) groups is 1. The van der Waals surface area contributed by atoms with Crippen molar-refractivity contribution in [3.63, 3.8) is 0 Å². The third-order valence-electron chi connectivity index (χ3n) is 4.54. The SMILES string of the molecule is O=C(O)C(=CC1CCC(O)CC1)C1CCC(O)CC1. The molecule has 2 aliphatic carbocycles. The molecular formula is C15H24O4. The lowest BCUT2D eigenvalue weighted by atomic mass is 9.79. The lowest BCUT2D eigenvalue weighted by Crippen LogP contribution is -2.24. The van der Waals surface area contributed by atoms with Crippen LogP contribution < -0.4 is 0 Å². The molecule has 19 heavy (non-hydrogen) atoms. The highest BCUT2D eigenvalue weighted by molar-refractivity contribution is 5.87. The number of hydrogen-bond acceptors (Lipinski definition) is 3. The minimum Gasteiger partial charge on any atom is -0.478 e. The molecule has 2 fully saturated rings. The molecule has 0 atom stereocenters. The van der Waals surface area contributed by atoms with E-state index in [1.165, 1.54) is 0 Å². The number of carboxylic acid groups (broad SMARTS) is 1. The monoisotopic (exact) mass is 268 g/mol. The Kier molecular flexibility index (Phi) is 4.99. The smallest absolute Gasteiger partial charge is 0.331 e. The van der Waals surface area contributed by atoms with Crippen molar-refractivity contribution in [2.45, 2.75) is 63.6 Å². The Morgan fingerprint density at radius 2 is 1.32 bits per heavy atom. The summed E-state index contributed by atoms with van der Waals surface area (Å²) < 4.78 is 0. The highest BCUT2D eigenvalue weighted by Gasteiger charge is 2.27. The van der Waals surface area contributed by atoms with Gasteiger partial charge in [0.1, 0.15) is 0 Å². The maximum Gasteiger partial charge on any atom is 0.331 e. The standard InChI is InChI=1S/C15H24O4/c16-12-5-1-10(2-6-12)9-14(15(18)19)11-3-7-13(17)8-4-11/h9-13,16-17H,1-8H2,(H,18,19). The Morgan fingerprint density at radius 3 is 1.79 bits per heavy atom. The van der Waals surface area contributed by atoms with Gasteiger partial charge in [-0.2, -0.15) is 0 Å². The molecular weight excluding hydrogens is 244 g/mol. The molecule has 2 aliphatic rings. The first-order valence-electron chi connectivity index (χ1n) is 7.37. The number of rotatable bonds is 3. The van der Waals surface area contributed by atoms with Crippen LogP contribution >= 0.6 is 0 Å². The van der Waals surface area contributed by atoms with Crippen LogP contribution in [-0.2, 0) is 4.79 Å². The lowest BCUT2D eigenvalue weighted by molar-refractivity contribution is -0.133. The molecule has 0 spiro atoms. The van der Waals surface area contributed by atoms with Crippen LogP contribution in [0.5, 0.6) is 0 Å². The lowest BCUT2D eigenvalue weighted by Gasteiger charge is -2.28. The Balaban J connectivity index is 2.01. The second kappa shape index (κ2) is 6.53. The Hall–Kier alpha value is -0.870. The highest BCUT2D eigenvalue weighted by Crippen LogP contribution is 2.33. The van der Waals surface area contributed by atoms with E-state index in [2.05, 4.69) is 0 Å². The largest absolute Gasteiger partial charge is 0.478 e. The zero-order valence-corrected chi connectivity index (χ0v) is 11.3. The van der Waals surface area contributed by atoms with Crippen molar-refractivity contribution in [1.29, 1.82) is 0 Å². The van der Waals surface area contributed by atoms with Crippen LogP contribution in [0.25, 0.3) is 0 Å². The van der Waals surface area contributed by atoms with E-state index in [-0.39, 0.29) is 18.1 Å². The van der Waals surface area contributed by atoms with Gasteiger partial charge in [0.25, 0.3) is 0 Å². The Bertz CT molecular complexity index is 334. The summed E-state index contributed by atoms with van der Waals surface area (Å²) in [5.74, 6) is -0.429. The summed E-state index contributed by atoms with van der Waals surface area (Å²) in [5, 5.41) is 28.4. The Labute approximate surface area is 114 Å². The molecule has 0 saturated heterocycles. The number of allylic oxidation sites excluding steroid dienone is 1. The van der Waals surface area contributed by atoms with E-state index in [4.69, 9.17) is 0 Å². The van der Waals surface area contributed by atoms with Crippen molar-refractivity contribution >= 4 is 5.97 Å². The summed E-state index contributed by atoms with van der Waals surface area (Å²) in [5.41, 5.74) is 0.535. The predicted molar refractivity (Wildman–Crippen MR) is 71.6 cm³/mol. The van der Waals surface area contributed by atoms with E-state index in [1.54, 1.807) is 0 Å². The van der Waals surface area contributed by atoms with E-state index in [1.807, 2.05) is 6.08 Å². The second-order valence-corrected chi connectivity index (χ2v) is 6.00. The quantitative estimate of drug-likeness (QED) is 0.685. The van der Waals surface area contributed by atoms with Gasteiger partial charge in [0, 0.05) is 5.57 Å². The van der Waals surface area contributed by atoms with Crippen molar-refractivity contribution in [2.75, 3.05) is 0 Å². The minimum atomic E-state index is -0.812. The number of aliphatic hydroxyl groups excluding tert-OH is 2. The molecule has 108 valence electrons. The first-order chi connectivity index (χ1) is 9.06. The molecule has 0 amide bonds. The molecule has 0 aliphatic heterocycles. The molecule has 3 N–H and O–H groups in total. The summed E-state index contributed by atoms with van der Waals surface area (Å²) in [6, 6.07) is 0. The van der Waals surface area contributed by atoms with Crippen LogP contribution in [0.3, 0.4) is 0 Å². The third kappa shape index (κ3) is 4.05. The van der Waals surface area contributed by atoms with Gasteiger partial charge < -0.3 is 15.3 Å². The summed E-state index contributed by atoms with van der Waals surface area (Å²) in [4.78, 5) is 11.4. The predicted octanol–water partition coefficient (Wildman–Crippen LogP) is 2.10. The number of carboxylic acids is 1. The zero-order chi connectivity index (χ0) is 13.8. The normalized spacial score (nSPS) is 37.1. The highest BCUT2D eigenvalue weighted by atomic mass is 16.4. The van der Waals surface area contributed by atoms with Gasteiger partial charge in [0.05, 0.1) is 12.2 Å². The summed E-state index contributed by atoms with van der Waals surface area (Å²) >= 11 is 0. The van der Waals surface area contributed by atoms with Crippen LogP contribution in [-0.4, -0.2) is 33.5 Å². The van der Waals surface area contributed by atoms with Gasteiger partial charge in [-0.3, -0.25) is 0 Å². The molecule has 0 bridgehead atoms. The van der Waals surface area contributed by atoms with Gasteiger partial charge in [-0.15, -0.1) is 0 Å². The number of aliphatic carboxylic acids is 1. The molecule has 0 unspecified atom stereocenters. The fourth-order valence-electron chi connectivity index (χ4n) is 3.29. The van der Waals surface area contributed by atoms with E-state index < -0.39 is 5.97 Å². The number of hydrogen-bond donors (Lipinski definition) is 3. The van der Waals surface area contributed by atoms with E-state index in [0.29, 0.717) is 24.3 Å². The molecule has 2 saturated carbocycles. The molecule has 0 aromatic rings. The number of aliphatic hydroxyl groups is 2. The maximum atomic E-state index is 11.4. The van der Waals surface area contributed by atoms with Gasteiger partial charge in [0.15, 0.2) is 0 Å². The minimum absolute atomic E-state index is 0.0905. The topological polar surface area (TPSA) is 77.8 Å². The molecule has 0 heterocycles.